The van der Waals surface area contributed by atoms with E-state index >= 15 is 0 Å². The second kappa shape index (κ2) is 17.8. The third-order valence-corrected chi connectivity index (χ3v) is 6.85. The fraction of sp³-hybridized carbons (Fsp3) is 0.467. The molecule has 14 nitrogen and oxygen atoms in total. The molecule has 4 bridgehead atoms. The van der Waals surface area contributed by atoms with Gasteiger partial charge in [0.05, 0.1) is 0 Å². The van der Waals surface area contributed by atoms with Crippen molar-refractivity contribution in [3.63, 3.8) is 0 Å². The molecule has 0 aliphatic carbocycles. The quantitative estimate of drug-likeness (QED) is 0.152. The summed E-state index contributed by atoms with van der Waals surface area (Å²) in [5.41, 5.74) is 4.67. The molecular formula is C30H44N8O6. The summed E-state index contributed by atoms with van der Waals surface area (Å²) in [5.74, 6) is -2.65. The number of carbonyl (C=O) groups excluding carboxylic acids is 4. The Morgan fingerprint density at radius 3 is 0.886 bits per heavy atom. The van der Waals surface area contributed by atoms with Gasteiger partial charge in [0.15, 0.2) is 0 Å². The second-order valence-corrected chi connectivity index (χ2v) is 10.6. The number of fused-ring (bicyclic) bond motifs is 4. The number of aryl methyl sites for hydroxylation is 2. The van der Waals surface area contributed by atoms with Gasteiger partial charge in [0.25, 0.3) is 0 Å². The SMILES string of the molecule is Cc1cc2c(O)c(c1)CNCCNC(=O)C(=O)NCCNCc1cc(C)cc(c1O)CNCCNC(=O)C(=O)NCCNC2. The Morgan fingerprint density at radius 2 is 0.659 bits per heavy atom. The van der Waals surface area contributed by atoms with Gasteiger partial charge in [-0.05, 0) is 13.8 Å². The maximum Gasteiger partial charge on any atom is 0.309 e. The molecule has 1 aliphatic rings. The minimum Gasteiger partial charge on any atom is -0.507 e. The lowest BCUT2D eigenvalue weighted by molar-refractivity contribution is -0.139. The fourth-order valence-corrected chi connectivity index (χ4v) is 4.68. The molecule has 4 amide bonds. The standard InChI is InChI=1S/C30H44N8O6/c1-19-11-21-15-31-3-7-35-27(41)29(43)37-9-5-33-17-23-13-20(2)14-24(26(23)40)18-34-6-10-38-30(44)28(42)36-8-4-32-16-22(12-19)25(21)39/h11-14,31-34,39-40H,3-10,15-18H2,1-2H3,(H,35,41)(H,36,42)(H,37,43)(H,38,44). The molecule has 0 radical (unpaired) electrons. The van der Waals surface area contributed by atoms with Crippen molar-refractivity contribution < 1.29 is 29.4 Å². The van der Waals surface area contributed by atoms with E-state index in [2.05, 4.69) is 42.5 Å². The highest BCUT2D eigenvalue weighted by Gasteiger charge is 2.15. The van der Waals surface area contributed by atoms with E-state index in [-0.39, 0.29) is 37.7 Å². The Kier molecular flexibility index (Phi) is 13.8. The average molecular weight is 613 g/mol. The number of benzene rings is 2. The number of phenols is 2. The van der Waals surface area contributed by atoms with Crippen molar-refractivity contribution in [1.82, 2.24) is 42.5 Å². The van der Waals surface area contributed by atoms with Crippen molar-refractivity contribution in [2.45, 2.75) is 40.0 Å². The van der Waals surface area contributed by atoms with Crippen LogP contribution in [-0.2, 0) is 45.4 Å². The predicted octanol–water partition coefficient (Wildman–Crippen LogP) is -1.75. The first-order chi connectivity index (χ1) is 21.2. The fourth-order valence-electron chi connectivity index (χ4n) is 4.68. The zero-order valence-corrected chi connectivity index (χ0v) is 25.3. The molecule has 0 unspecified atom stereocenters. The zero-order valence-electron chi connectivity index (χ0n) is 25.3. The molecule has 2 aromatic rings. The van der Waals surface area contributed by atoms with E-state index in [1.807, 2.05) is 38.1 Å². The molecule has 10 N–H and O–H groups in total. The zero-order chi connectivity index (χ0) is 31.9. The van der Waals surface area contributed by atoms with E-state index in [9.17, 15) is 29.4 Å². The summed E-state index contributed by atoms with van der Waals surface area (Å²) in [6.07, 6.45) is 0. The topological polar surface area (TPSA) is 205 Å². The Balaban J connectivity index is 1.59. The Morgan fingerprint density at radius 1 is 0.432 bits per heavy atom. The van der Waals surface area contributed by atoms with Gasteiger partial charge in [-0.1, -0.05) is 35.4 Å². The summed E-state index contributed by atoms with van der Waals surface area (Å²) >= 11 is 0. The highest BCUT2D eigenvalue weighted by Crippen LogP contribution is 2.25. The van der Waals surface area contributed by atoms with Crippen LogP contribution in [0.1, 0.15) is 33.4 Å². The first-order valence-corrected chi connectivity index (χ1v) is 14.7. The number of amides is 4. The van der Waals surface area contributed by atoms with Crippen LogP contribution in [0, 0.1) is 13.8 Å². The maximum absolute atomic E-state index is 12.1. The van der Waals surface area contributed by atoms with Gasteiger partial charge in [0.2, 0.25) is 0 Å². The van der Waals surface area contributed by atoms with Crippen LogP contribution in [0.4, 0.5) is 0 Å². The smallest absolute Gasteiger partial charge is 0.309 e. The number of nitrogens with one attached hydrogen (secondary N) is 8. The summed E-state index contributed by atoms with van der Waals surface area (Å²) < 4.78 is 0. The van der Waals surface area contributed by atoms with E-state index in [1.54, 1.807) is 0 Å². The molecule has 1 heterocycles. The summed E-state index contributed by atoms with van der Waals surface area (Å²) in [5, 5.41) is 44.3. The van der Waals surface area contributed by atoms with E-state index < -0.39 is 23.6 Å². The molecule has 240 valence electrons. The van der Waals surface area contributed by atoms with E-state index in [4.69, 9.17) is 0 Å². The number of aromatic hydroxyl groups is 2. The molecule has 0 fully saturated rings. The number of carbonyl (C=O) groups is 4. The Bertz CT molecular complexity index is 1130. The molecule has 3 rings (SSSR count). The monoisotopic (exact) mass is 612 g/mol. The van der Waals surface area contributed by atoms with E-state index in [0.717, 1.165) is 11.1 Å². The van der Waals surface area contributed by atoms with Gasteiger partial charge in [-0.2, -0.15) is 0 Å². The average Bonchev–Trinajstić information content (AvgIpc) is 2.99. The summed E-state index contributed by atoms with van der Waals surface area (Å²) in [6, 6.07) is 7.45. The summed E-state index contributed by atoms with van der Waals surface area (Å²) in [4.78, 5) is 48.5. The Labute approximate surface area is 257 Å². The molecule has 0 spiro atoms. The third kappa shape index (κ3) is 11.1. The molecule has 44 heavy (non-hydrogen) atoms. The van der Waals surface area contributed by atoms with Gasteiger partial charge < -0.3 is 52.7 Å². The normalized spacial score (nSPS) is 17.9. The maximum atomic E-state index is 12.1. The first kappa shape index (κ1) is 34.3. The predicted molar refractivity (Wildman–Crippen MR) is 165 cm³/mol. The Hall–Kier alpha value is -4.24. The lowest BCUT2D eigenvalue weighted by Crippen LogP contribution is -2.44. The highest BCUT2D eigenvalue weighted by atomic mass is 16.3. The molecule has 1 aliphatic heterocycles. The number of phenolic OH excluding ortho intramolecular Hbond substituents is 2. The van der Waals surface area contributed by atoms with Gasteiger partial charge in [-0.3, -0.25) is 19.2 Å². The van der Waals surface area contributed by atoms with Crippen molar-refractivity contribution in [2.75, 3.05) is 52.4 Å². The van der Waals surface area contributed by atoms with Crippen LogP contribution in [0.15, 0.2) is 24.3 Å². The van der Waals surface area contributed by atoms with Crippen LogP contribution in [0.2, 0.25) is 0 Å². The van der Waals surface area contributed by atoms with Crippen molar-refractivity contribution in [3.8, 4) is 11.5 Å². The summed E-state index contributed by atoms with van der Waals surface area (Å²) in [6.45, 7) is 7.67. The lowest BCUT2D eigenvalue weighted by atomic mass is 10.0. The van der Waals surface area contributed by atoms with Gasteiger partial charge in [0, 0.05) is 101 Å². The summed E-state index contributed by atoms with van der Waals surface area (Å²) in [7, 11) is 0. The number of rotatable bonds is 0. The van der Waals surface area contributed by atoms with Gasteiger partial charge >= 0.3 is 23.6 Å². The highest BCUT2D eigenvalue weighted by molar-refractivity contribution is 6.35. The van der Waals surface area contributed by atoms with Crippen LogP contribution in [-0.4, -0.2) is 86.2 Å². The van der Waals surface area contributed by atoms with Crippen LogP contribution < -0.4 is 42.5 Å². The van der Waals surface area contributed by atoms with Crippen molar-refractivity contribution >= 4 is 23.6 Å². The van der Waals surface area contributed by atoms with E-state index in [0.29, 0.717) is 74.6 Å². The molecule has 0 atom stereocenters. The lowest BCUT2D eigenvalue weighted by Gasteiger charge is -2.14. The number of hydrogen-bond acceptors (Lipinski definition) is 10. The molecule has 0 aromatic heterocycles. The van der Waals surface area contributed by atoms with Crippen LogP contribution in [0.25, 0.3) is 0 Å². The van der Waals surface area contributed by atoms with Crippen LogP contribution in [0.5, 0.6) is 11.5 Å². The van der Waals surface area contributed by atoms with Crippen molar-refractivity contribution in [1.29, 1.82) is 0 Å². The first-order valence-electron chi connectivity index (χ1n) is 14.7. The van der Waals surface area contributed by atoms with Crippen molar-refractivity contribution in [2.24, 2.45) is 0 Å². The van der Waals surface area contributed by atoms with Gasteiger partial charge in [0.1, 0.15) is 11.5 Å². The van der Waals surface area contributed by atoms with Crippen LogP contribution >= 0.6 is 0 Å². The van der Waals surface area contributed by atoms with Gasteiger partial charge in [-0.25, -0.2) is 0 Å². The molecule has 2 aromatic carbocycles. The molecule has 0 saturated carbocycles. The van der Waals surface area contributed by atoms with Crippen LogP contribution in [0.3, 0.4) is 0 Å². The molecule has 14 heteroatoms. The largest absolute Gasteiger partial charge is 0.507 e. The third-order valence-electron chi connectivity index (χ3n) is 6.85. The second-order valence-electron chi connectivity index (χ2n) is 10.6. The number of hydrogen-bond donors (Lipinski definition) is 10. The van der Waals surface area contributed by atoms with Crippen molar-refractivity contribution in [3.05, 3.63) is 57.6 Å². The minimum absolute atomic E-state index is 0.141. The molecular weight excluding hydrogens is 568 g/mol. The van der Waals surface area contributed by atoms with Gasteiger partial charge in [-0.15, -0.1) is 0 Å². The van der Waals surface area contributed by atoms with E-state index in [1.165, 1.54) is 0 Å². The minimum atomic E-state index is -0.734. The molecule has 0 saturated heterocycles.